The Balaban J connectivity index is 1.77. The van der Waals surface area contributed by atoms with Crippen LogP contribution in [0.15, 0.2) is 59.5 Å². The molecule has 1 heterocycles. The van der Waals surface area contributed by atoms with Crippen LogP contribution in [0.4, 0.5) is 0 Å². The molecule has 0 spiro atoms. The third-order valence-electron chi connectivity index (χ3n) is 5.31. The molecule has 164 valence electrons. The van der Waals surface area contributed by atoms with Gasteiger partial charge in [0.1, 0.15) is 5.60 Å². The maximum atomic E-state index is 12.9. The summed E-state index contributed by atoms with van der Waals surface area (Å²) in [6.45, 7) is 0.480. The van der Waals surface area contributed by atoms with E-state index in [1.165, 1.54) is 12.1 Å². The first-order valence-corrected chi connectivity index (χ1v) is 11.6. The van der Waals surface area contributed by atoms with Gasteiger partial charge in [-0.15, -0.1) is 0 Å². The van der Waals surface area contributed by atoms with E-state index in [1.807, 2.05) is 23.1 Å². The van der Waals surface area contributed by atoms with Gasteiger partial charge in [-0.3, -0.25) is 4.90 Å². The van der Waals surface area contributed by atoms with Crippen LogP contribution in [0.1, 0.15) is 12.0 Å². The molecule has 0 amide bonds. The quantitative estimate of drug-likeness (QED) is 0.528. The predicted octanol–water partition coefficient (Wildman–Crippen LogP) is 1.32. The molecule has 30 heavy (non-hydrogen) atoms. The summed E-state index contributed by atoms with van der Waals surface area (Å²) in [5.74, 6) is 0. The Morgan fingerprint density at radius 1 is 1.13 bits per heavy atom. The van der Waals surface area contributed by atoms with Crippen molar-refractivity contribution in [3.05, 3.63) is 65.2 Å². The molecule has 0 aromatic heterocycles. The van der Waals surface area contributed by atoms with Gasteiger partial charge in [0.25, 0.3) is 0 Å². The largest absolute Gasteiger partial charge is 0.396 e. The van der Waals surface area contributed by atoms with Gasteiger partial charge in [0.2, 0.25) is 10.0 Å². The number of halogens is 1. The van der Waals surface area contributed by atoms with Crippen LogP contribution in [0.5, 0.6) is 0 Å². The molecular weight excluding hydrogens is 428 g/mol. The third kappa shape index (κ3) is 5.20. The zero-order valence-electron chi connectivity index (χ0n) is 16.6. The lowest BCUT2D eigenvalue weighted by atomic mass is 9.99. The van der Waals surface area contributed by atoms with E-state index in [9.17, 15) is 23.7 Å². The number of rotatable bonds is 9. The highest BCUT2D eigenvalue weighted by Gasteiger charge is 2.49. The molecule has 2 atom stereocenters. The number of β-amino-alcohol motifs (C(OH)–C–C–N with tert-alkyl or cyclic N) is 2. The number of aliphatic hydroxyl groups is 3. The van der Waals surface area contributed by atoms with E-state index >= 15 is 0 Å². The highest BCUT2D eigenvalue weighted by Crippen LogP contribution is 2.29. The average Bonchev–Trinajstić information content (AvgIpc) is 3.03. The van der Waals surface area contributed by atoms with Crippen LogP contribution in [0.3, 0.4) is 0 Å². The maximum Gasteiger partial charge on any atom is 0.243 e. The SMILES string of the molecule is O=S(=O)(c1ccccc1)N1C[C@@H](O)[C@](O)(CN(CCCO)Cc2ccccc2Cl)C1. The standard InChI is InChI=1S/C21H27ClN2O5S/c22-19-10-5-4-7-17(19)13-23(11-6-12-25)15-21(27)16-24(14-20(21)26)30(28,29)18-8-2-1-3-9-18/h1-5,7-10,20,25-27H,6,11-16H2/t20-,21+/m1/s1. The van der Waals surface area contributed by atoms with Crippen molar-refractivity contribution in [2.45, 2.75) is 29.6 Å². The normalized spacial score (nSPS) is 22.6. The van der Waals surface area contributed by atoms with Gasteiger partial charge < -0.3 is 15.3 Å². The van der Waals surface area contributed by atoms with Gasteiger partial charge >= 0.3 is 0 Å². The van der Waals surface area contributed by atoms with Crippen molar-refractivity contribution in [2.24, 2.45) is 0 Å². The fourth-order valence-corrected chi connectivity index (χ4v) is 5.41. The number of hydrogen-bond acceptors (Lipinski definition) is 6. The summed E-state index contributed by atoms with van der Waals surface area (Å²) in [4.78, 5) is 1.99. The van der Waals surface area contributed by atoms with Gasteiger partial charge in [0.05, 0.1) is 11.0 Å². The fourth-order valence-electron chi connectivity index (χ4n) is 3.68. The number of hydrogen-bond donors (Lipinski definition) is 3. The van der Waals surface area contributed by atoms with Gasteiger partial charge in [0, 0.05) is 44.4 Å². The van der Waals surface area contributed by atoms with Crippen LogP contribution in [0.25, 0.3) is 0 Å². The summed E-state index contributed by atoms with van der Waals surface area (Å²) < 4.78 is 26.9. The van der Waals surface area contributed by atoms with Crippen LogP contribution in [-0.4, -0.2) is 77.4 Å². The van der Waals surface area contributed by atoms with Crippen molar-refractivity contribution in [2.75, 3.05) is 32.8 Å². The van der Waals surface area contributed by atoms with Crippen molar-refractivity contribution in [3.63, 3.8) is 0 Å². The summed E-state index contributed by atoms with van der Waals surface area (Å²) in [7, 11) is -3.83. The highest BCUT2D eigenvalue weighted by molar-refractivity contribution is 7.89. The maximum absolute atomic E-state index is 12.9. The highest BCUT2D eigenvalue weighted by atomic mass is 35.5. The lowest BCUT2D eigenvalue weighted by Crippen LogP contribution is -2.51. The summed E-state index contributed by atoms with van der Waals surface area (Å²) in [6.07, 6.45) is -0.762. The zero-order valence-corrected chi connectivity index (χ0v) is 18.1. The Bertz CT molecular complexity index is 943. The monoisotopic (exact) mass is 454 g/mol. The van der Waals surface area contributed by atoms with E-state index in [2.05, 4.69) is 0 Å². The fraction of sp³-hybridized carbons (Fsp3) is 0.429. The second kappa shape index (κ2) is 9.74. The first-order chi connectivity index (χ1) is 14.3. The topological polar surface area (TPSA) is 101 Å². The lowest BCUT2D eigenvalue weighted by Gasteiger charge is -2.33. The van der Waals surface area contributed by atoms with Crippen LogP contribution in [0, 0.1) is 0 Å². The van der Waals surface area contributed by atoms with E-state index in [1.54, 1.807) is 24.3 Å². The van der Waals surface area contributed by atoms with Crippen molar-refractivity contribution in [1.29, 1.82) is 0 Å². The second-order valence-electron chi connectivity index (χ2n) is 7.61. The Morgan fingerprint density at radius 3 is 2.47 bits per heavy atom. The number of nitrogens with zero attached hydrogens (tertiary/aromatic N) is 2. The van der Waals surface area contributed by atoms with Gasteiger partial charge in [-0.25, -0.2) is 8.42 Å². The van der Waals surface area contributed by atoms with E-state index in [0.29, 0.717) is 24.5 Å². The number of sulfonamides is 1. The van der Waals surface area contributed by atoms with Gasteiger partial charge in [-0.1, -0.05) is 48.0 Å². The lowest BCUT2D eigenvalue weighted by molar-refractivity contribution is -0.0629. The summed E-state index contributed by atoms with van der Waals surface area (Å²) in [5.41, 5.74) is -0.791. The molecule has 0 unspecified atom stereocenters. The van der Waals surface area contributed by atoms with E-state index in [4.69, 9.17) is 11.6 Å². The Morgan fingerprint density at radius 2 is 1.80 bits per heavy atom. The first kappa shape index (κ1) is 23.1. The van der Waals surface area contributed by atoms with Gasteiger partial charge in [0.15, 0.2) is 0 Å². The van der Waals surface area contributed by atoms with Crippen molar-refractivity contribution >= 4 is 21.6 Å². The number of aliphatic hydroxyl groups excluding tert-OH is 2. The Hall–Kier alpha value is -1.52. The van der Waals surface area contributed by atoms with Crippen molar-refractivity contribution in [1.82, 2.24) is 9.21 Å². The average molecular weight is 455 g/mol. The minimum atomic E-state index is -3.83. The molecule has 9 heteroatoms. The minimum Gasteiger partial charge on any atom is -0.396 e. The van der Waals surface area contributed by atoms with Crippen molar-refractivity contribution < 1.29 is 23.7 Å². The third-order valence-corrected chi connectivity index (χ3v) is 7.50. The molecule has 0 bridgehead atoms. The minimum absolute atomic E-state index is 0.0193. The smallest absolute Gasteiger partial charge is 0.243 e. The molecule has 0 radical (unpaired) electrons. The second-order valence-corrected chi connectivity index (χ2v) is 9.95. The molecule has 2 aromatic rings. The van der Waals surface area contributed by atoms with Crippen molar-refractivity contribution in [3.8, 4) is 0 Å². The Kier molecular flexibility index (Phi) is 7.52. The van der Waals surface area contributed by atoms with Crippen LogP contribution >= 0.6 is 11.6 Å². The Labute approximate surface area is 182 Å². The van der Waals surface area contributed by atoms with Crippen LogP contribution < -0.4 is 0 Å². The molecule has 7 nitrogen and oxygen atoms in total. The molecule has 2 aromatic carbocycles. The predicted molar refractivity (Wildman–Crippen MR) is 115 cm³/mol. The molecular formula is C21H27ClN2O5S. The van der Waals surface area contributed by atoms with E-state index in [-0.39, 0.29) is 31.1 Å². The molecule has 3 rings (SSSR count). The summed E-state index contributed by atoms with van der Waals surface area (Å²) >= 11 is 6.26. The molecule has 1 saturated heterocycles. The van der Waals surface area contributed by atoms with Gasteiger partial charge in [-0.2, -0.15) is 4.31 Å². The van der Waals surface area contributed by atoms with Gasteiger partial charge in [-0.05, 0) is 30.2 Å². The summed E-state index contributed by atoms with van der Waals surface area (Å²) in [5, 5.41) is 31.5. The first-order valence-electron chi connectivity index (χ1n) is 9.78. The van der Waals surface area contributed by atoms with E-state index < -0.39 is 21.7 Å². The molecule has 1 fully saturated rings. The van der Waals surface area contributed by atoms with E-state index in [0.717, 1.165) is 9.87 Å². The summed E-state index contributed by atoms with van der Waals surface area (Å²) in [6, 6.07) is 15.3. The number of benzene rings is 2. The molecule has 1 aliphatic heterocycles. The molecule has 0 aliphatic carbocycles. The van der Waals surface area contributed by atoms with Crippen LogP contribution in [-0.2, 0) is 16.6 Å². The molecule has 3 N–H and O–H groups in total. The molecule has 0 saturated carbocycles. The zero-order chi connectivity index (χ0) is 21.8. The molecule has 1 aliphatic rings. The van der Waals surface area contributed by atoms with Crippen LogP contribution in [0.2, 0.25) is 5.02 Å².